The Hall–Kier alpha value is -2.27. The molecule has 0 saturated heterocycles. The number of carbonyl (C=O) groups excluding carboxylic acids is 2. The number of thioether (sulfide) groups is 1. The molecule has 2 amide bonds. The van der Waals surface area contributed by atoms with Gasteiger partial charge < -0.3 is 10.6 Å². The third kappa shape index (κ3) is 5.11. The van der Waals surface area contributed by atoms with E-state index in [-0.39, 0.29) is 23.3 Å². The summed E-state index contributed by atoms with van der Waals surface area (Å²) >= 11 is 1.32. The maximum Gasteiger partial charge on any atom is 0.234 e. The van der Waals surface area contributed by atoms with E-state index >= 15 is 0 Å². The van der Waals surface area contributed by atoms with Crippen LogP contribution in [-0.4, -0.2) is 23.3 Å². The Morgan fingerprint density at radius 2 is 1.62 bits per heavy atom. The van der Waals surface area contributed by atoms with Crippen molar-refractivity contribution in [2.45, 2.75) is 32.6 Å². The highest BCUT2D eigenvalue weighted by molar-refractivity contribution is 8.00. The van der Waals surface area contributed by atoms with E-state index in [1.807, 2.05) is 43.3 Å². The number of amides is 2. The first-order chi connectivity index (χ1) is 12.6. The normalized spacial score (nSPS) is 13.0. The van der Waals surface area contributed by atoms with Crippen LogP contribution in [-0.2, 0) is 22.4 Å². The summed E-state index contributed by atoms with van der Waals surface area (Å²) < 4.78 is 0. The molecule has 4 nitrogen and oxygen atoms in total. The van der Waals surface area contributed by atoms with Gasteiger partial charge in [0.25, 0.3) is 0 Å². The Kier molecular flexibility index (Phi) is 6.34. The maximum absolute atomic E-state index is 12.2. The van der Waals surface area contributed by atoms with Crippen LogP contribution >= 0.6 is 11.8 Å². The summed E-state index contributed by atoms with van der Waals surface area (Å²) in [5.74, 6) is 0.375. The quantitative estimate of drug-likeness (QED) is 0.804. The van der Waals surface area contributed by atoms with Crippen LogP contribution in [0.25, 0.3) is 0 Å². The molecule has 136 valence electrons. The van der Waals surface area contributed by atoms with Crippen LogP contribution < -0.4 is 10.6 Å². The lowest BCUT2D eigenvalue weighted by molar-refractivity contribution is -0.114. The van der Waals surface area contributed by atoms with E-state index in [9.17, 15) is 9.59 Å². The third-order valence-electron chi connectivity index (χ3n) is 4.47. The van der Waals surface area contributed by atoms with Crippen molar-refractivity contribution in [1.29, 1.82) is 0 Å². The molecule has 26 heavy (non-hydrogen) atoms. The average molecular weight is 369 g/mol. The minimum Gasteiger partial charge on any atom is -0.325 e. The van der Waals surface area contributed by atoms with Gasteiger partial charge in [-0.1, -0.05) is 29.8 Å². The predicted molar refractivity (Wildman–Crippen MR) is 109 cm³/mol. The fourth-order valence-corrected chi connectivity index (χ4v) is 3.77. The Balaban J connectivity index is 1.44. The van der Waals surface area contributed by atoms with Crippen molar-refractivity contribution >= 4 is 35.0 Å². The third-order valence-corrected chi connectivity index (χ3v) is 5.40. The lowest BCUT2D eigenvalue weighted by atomic mass is 9.90. The van der Waals surface area contributed by atoms with Crippen LogP contribution in [0.2, 0.25) is 0 Å². The summed E-state index contributed by atoms with van der Waals surface area (Å²) in [5, 5.41) is 5.85. The zero-order chi connectivity index (χ0) is 18.4. The molecule has 0 aromatic heterocycles. The first-order valence-corrected chi connectivity index (χ1v) is 10.1. The molecule has 0 heterocycles. The van der Waals surface area contributed by atoms with E-state index in [1.165, 1.54) is 35.7 Å². The van der Waals surface area contributed by atoms with Crippen LogP contribution in [0, 0.1) is 6.92 Å². The largest absolute Gasteiger partial charge is 0.325 e. The summed E-state index contributed by atoms with van der Waals surface area (Å²) in [6.45, 7) is 2.00. The van der Waals surface area contributed by atoms with Crippen LogP contribution in [0.5, 0.6) is 0 Å². The Morgan fingerprint density at radius 1 is 0.923 bits per heavy atom. The number of benzene rings is 2. The number of fused-ring (bicyclic) bond motifs is 1. The predicted octanol–water partition coefficient (Wildman–Crippen LogP) is 4.18. The van der Waals surface area contributed by atoms with Crippen molar-refractivity contribution < 1.29 is 9.59 Å². The van der Waals surface area contributed by atoms with Gasteiger partial charge >= 0.3 is 0 Å². The lowest BCUT2D eigenvalue weighted by Crippen LogP contribution is -2.19. The molecule has 0 fully saturated rings. The van der Waals surface area contributed by atoms with Gasteiger partial charge in [0.15, 0.2) is 0 Å². The summed E-state index contributed by atoms with van der Waals surface area (Å²) in [4.78, 5) is 24.2. The number of carbonyl (C=O) groups is 2. The summed E-state index contributed by atoms with van der Waals surface area (Å²) in [7, 11) is 0. The molecule has 0 bridgehead atoms. The Morgan fingerprint density at radius 3 is 2.38 bits per heavy atom. The van der Waals surface area contributed by atoms with Crippen molar-refractivity contribution in [3.63, 3.8) is 0 Å². The Labute approximate surface area is 158 Å². The monoisotopic (exact) mass is 368 g/mol. The second-order valence-electron chi connectivity index (χ2n) is 6.61. The molecule has 0 saturated carbocycles. The van der Waals surface area contributed by atoms with Gasteiger partial charge in [-0.3, -0.25) is 9.59 Å². The van der Waals surface area contributed by atoms with E-state index in [1.54, 1.807) is 0 Å². The van der Waals surface area contributed by atoms with Gasteiger partial charge in [-0.25, -0.2) is 0 Å². The molecule has 1 aliphatic carbocycles. The SMILES string of the molecule is Cc1ccc(NC(=O)CSCC(=O)Nc2cccc3c2CCCC3)cc1. The zero-order valence-corrected chi connectivity index (χ0v) is 15.8. The second-order valence-corrected chi connectivity index (χ2v) is 7.59. The van der Waals surface area contributed by atoms with Crippen molar-refractivity contribution in [1.82, 2.24) is 0 Å². The van der Waals surface area contributed by atoms with Gasteiger partial charge in [-0.15, -0.1) is 11.8 Å². The van der Waals surface area contributed by atoms with Crippen LogP contribution in [0.15, 0.2) is 42.5 Å². The van der Waals surface area contributed by atoms with E-state index in [0.717, 1.165) is 29.8 Å². The van der Waals surface area contributed by atoms with Gasteiger partial charge in [0, 0.05) is 11.4 Å². The maximum atomic E-state index is 12.2. The molecule has 3 rings (SSSR count). The minimum absolute atomic E-state index is 0.0582. The van der Waals surface area contributed by atoms with Crippen molar-refractivity contribution in [2.24, 2.45) is 0 Å². The average Bonchev–Trinajstić information content (AvgIpc) is 2.64. The number of hydrogen-bond donors (Lipinski definition) is 2. The molecule has 0 spiro atoms. The number of nitrogens with one attached hydrogen (secondary N) is 2. The van der Waals surface area contributed by atoms with Gasteiger partial charge in [0.2, 0.25) is 11.8 Å². The molecular formula is C21H24N2O2S. The summed E-state index contributed by atoms with van der Waals surface area (Å²) in [5.41, 5.74) is 5.48. The highest BCUT2D eigenvalue weighted by Gasteiger charge is 2.14. The fraction of sp³-hybridized carbons (Fsp3) is 0.333. The molecule has 0 aliphatic heterocycles. The first-order valence-electron chi connectivity index (χ1n) is 8.97. The van der Waals surface area contributed by atoms with Crippen molar-refractivity contribution in [3.8, 4) is 0 Å². The van der Waals surface area contributed by atoms with E-state index < -0.39 is 0 Å². The van der Waals surface area contributed by atoms with Crippen molar-refractivity contribution in [3.05, 3.63) is 59.2 Å². The van der Waals surface area contributed by atoms with E-state index in [0.29, 0.717) is 0 Å². The van der Waals surface area contributed by atoms with Crippen LogP contribution in [0.1, 0.15) is 29.5 Å². The Bertz CT molecular complexity index is 787. The van der Waals surface area contributed by atoms with Gasteiger partial charge in [0.1, 0.15) is 0 Å². The number of hydrogen-bond acceptors (Lipinski definition) is 3. The van der Waals surface area contributed by atoms with E-state index in [2.05, 4.69) is 16.7 Å². The lowest BCUT2D eigenvalue weighted by Gasteiger charge is -2.19. The molecule has 2 aromatic rings. The van der Waals surface area contributed by atoms with E-state index in [4.69, 9.17) is 0 Å². The molecule has 1 aliphatic rings. The van der Waals surface area contributed by atoms with Crippen molar-refractivity contribution in [2.75, 3.05) is 22.1 Å². The molecule has 2 aromatic carbocycles. The molecular weight excluding hydrogens is 344 g/mol. The first kappa shape index (κ1) is 18.5. The zero-order valence-electron chi connectivity index (χ0n) is 15.0. The fourth-order valence-electron chi connectivity index (χ4n) is 3.16. The highest BCUT2D eigenvalue weighted by atomic mass is 32.2. The molecule has 2 N–H and O–H groups in total. The molecule has 0 radical (unpaired) electrons. The molecule has 0 atom stereocenters. The smallest absolute Gasteiger partial charge is 0.234 e. The number of rotatable bonds is 6. The number of aryl methyl sites for hydroxylation is 2. The number of anilines is 2. The standard InChI is InChI=1S/C21H24N2O2S/c1-15-9-11-17(12-10-15)22-20(24)13-26-14-21(25)23-19-8-4-6-16-5-2-3-7-18(16)19/h4,6,8-12H,2-3,5,7,13-14H2,1H3,(H,22,24)(H,23,25). The van der Waals surface area contributed by atoms with Crippen LogP contribution in [0.4, 0.5) is 11.4 Å². The summed E-state index contributed by atoms with van der Waals surface area (Å²) in [6.07, 6.45) is 4.51. The minimum atomic E-state index is -0.0938. The molecule has 5 heteroatoms. The molecule has 0 unspecified atom stereocenters. The second kappa shape index (κ2) is 8.90. The topological polar surface area (TPSA) is 58.2 Å². The van der Waals surface area contributed by atoms with Gasteiger partial charge in [-0.05, 0) is 61.9 Å². The van der Waals surface area contributed by atoms with Gasteiger partial charge in [0.05, 0.1) is 11.5 Å². The van der Waals surface area contributed by atoms with Crippen LogP contribution in [0.3, 0.4) is 0 Å². The van der Waals surface area contributed by atoms with Gasteiger partial charge in [-0.2, -0.15) is 0 Å². The highest BCUT2D eigenvalue weighted by Crippen LogP contribution is 2.27. The summed E-state index contributed by atoms with van der Waals surface area (Å²) in [6, 6.07) is 13.8.